The smallest absolute Gasteiger partial charge is 0.326 e. The number of hydrogen-bond donors (Lipinski definition) is 2. The van der Waals surface area contributed by atoms with Crippen LogP contribution in [0.1, 0.15) is 32.6 Å². The van der Waals surface area contributed by atoms with Crippen LogP contribution in [-0.4, -0.2) is 71.0 Å². The molecule has 7 heteroatoms. The van der Waals surface area contributed by atoms with Crippen molar-refractivity contribution in [1.29, 1.82) is 0 Å². The Morgan fingerprint density at radius 3 is 2.27 bits per heavy atom. The number of carboxylic acids is 1. The number of Topliss-reactive ketones (excluding diaryl/α,β-unsaturated/α-hetero) is 1. The fraction of sp³-hybridized carbons (Fsp3) is 0.632. The zero-order chi connectivity index (χ0) is 18.8. The molecule has 0 spiro atoms. The molecule has 3 rings (SSSR count). The first-order valence-corrected chi connectivity index (χ1v) is 9.31. The maximum absolute atomic E-state index is 12.9. The maximum atomic E-state index is 12.9. The number of pyridine rings is 1. The molecule has 2 heterocycles. The molecule has 1 saturated heterocycles. The number of aliphatic carboxylic acids is 1. The first-order chi connectivity index (χ1) is 12.5. The number of carbonyl (C=O) groups excluding carboxylic acids is 1. The van der Waals surface area contributed by atoms with E-state index in [4.69, 9.17) is 0 Å². The number of carbonyl (C=O) groups is 2. The lowest BCUT2D eigenvalue weighted by molar-refractivity contribution is -0.164. The molecule has 0 amide bonds. The van der Waals surface area contributed by atoms with Crippen molar-refractivity contribution >= 4 is 17.4 Å². The number of likely N-dealkylation sites (N-methyl/N-ethyl adjacent to an activating group) is 1. The average molecular weight is 360 g/mol. The van der Waals surface area contributed by atoms with Crippen LogP contribution >= 0.6 is 0 Å². The number of anilines is 1. The molecule has 7 nitrogen and oxygen atoms in total. The first kappa shape index (κ1) is 18.8. The summed E-state index contributed by atoms with van der Waals surface area (Å²) >= 11 is 0. The van der Waals surface area contributed by atoms with Crippen LogP contribution in [0.3, 0.4) is 0 Å². The molecule has 2 N–H and O–H groups in total. The average Bonchev–Trinajstić information content (AvgIpc) is 2.68. The van der Waals surface area contributed by atoms with E-state index in [0.717, 1.165) is 31.6 Å². The van der Waals surface area contributed by atoms with Gasteiger partial charge in [0.1, 0.15) is 11.1 Å². The Bertz CT molecular complexity index is 660. The van der Waals surface area contributed by atoms with E-state index in [0.29, 0.717) is 25.9 Å². The van der Waals surface area contributed by atoms with Gasteiger partial charge >= 0.3 is 5.97 Å². The van der Waals surface area contributed by atoms with Gasteiger partial charge in [0.15, 0.2) is 5.78 Å². The molecule has 26 heavy (non-hydrogen) atoms. The first-order valence-electron chi connectivity index (χ1n) is 9.31. The Morgan fingerprint density at radius 2 is 1.73 bits per heavy atom. The van der Waals surface area contributed by atoms with Gasteiger partial charge < -0.3 is 15.3 Å². The summed E-state index contributed by atoms with van der Waals surface area (Å²) in [7, 11) is 1.67. The SMILES string of the molecule is CNC1(C(=O)O)CCCCC1(C(C)=O)N1CCN(c2ccncc2)CC1. The van der Waals surface area contributed by atoms with Crippen molar-refractivity contribution in [2.24, 2.45) is 0 Å². The predicted octanol–water partition coefficient (Wildman–Crippen LogP) is 1.15. The molecule has 2 unspecified atom stereocenters. The maximum Gasteiger partial charge on any atom is 0.326 e. The van der Waals surface area contributed by atoms with Gasteiger partial charge in [0, 0.05) is 44.3 Å². The summed E-state index contributed by atoms with van der Waals surface area (Å²) in [4.78, 5) is 33.6. The number of carboxylic acid groups (broad SMARTS) is 1. The highest BCUT2D eigenvalue weighted by atomic mass is 16.4. The fourth-order valence-corrected chi connectivity index (χ4v) is 4.94. The van der Waals surface area contributed by atoms with Crippen LogP contribution in [-0.2, 0) is 9.59 Å². The van der Waals surface area contributed by atoms with Crippen LogP contribution in [0.5, 0.6) is 0 Å². The van der Waals surface area contributed by atoms with Crippen molar-refractivity contribution in [2.45, 2.75) is 43.7 Å². The molecule has 2 atom stereocenters. The number of rotatable bonds is 5. The van der Waals surface area contributed by atoms with Crippen molar-refractivity contribution in [3.05, 3.63) is 24.5 Å². The van der Waals surface area contributed by atoms with Gasteiger partial charge in [0.2, 0.25) is 0 Å². The van der Waals surface area contributed by atoms with Crippen molar-refractivity contribution in [2.75, 3.05) is 38.1 Å². The summed E-state index contributed by atoms with van der Waals surface area (Å²) < 4.78 is 0. The van der Waals surface area contributed by atoms with Gasteiger partial charge in [-0.3, -0.25) is 19.5 Å². The second-order valence-corrected chi connectivity index (χ2v) is 7.26. The summed E-state index contributed by atoms with van der Waals surface area (Å²) in [6, 6.07) is 3.96. The summed E-state index contributed by atoms with van der Waals surface area (Å²) in [5, 5.41) is 13.1. The number of hydrogen-bond acceptors (Lipinski definition) is 6. The highest BCUT2D eigenvalue weighted by Gasteiger charge is 2.63. The van der Waals surface area contributed by atoms with E-state index in [1.807, 2.05) is 12.1 Å². The summed E-state index contributed by atoms with van der Waals surface area (Å²) in [5.41, 5.74) is -1.11. The van der Waals surface area contributed by atoms with Crippen molar-refractivity contribution < 1.29 is 14.7 Å². The molecule has 1 aliphatic heterocycles. The Morgan fingerprint density at radius 1 is 1.12 bits per heavy atom. The monoisotopic (exact) mass is 360 g/mol. The number of ketones is 1. The van der Waals surface area contributed by atoms with Crippen molar-refractivity contribution in [3.63, 3.8) is 0 Å². The van der Waals surface area contributed by atoms with Crippen molar-refractivity contribution in [1.82, 2.24) is 15.2 Å². The molecule has 0 bridgehead atoms. The van der Waals surface area contributed by atoms with Gasteiger partial charge in [-0.2, -0.15) is 0 Å². The Labute approximate surface area is 154 Å². The molecule has 0 aromatic carbocycles. The molecule has 0 radical (unpaired) electrons. The molecule has 1 aliphatic carbocycles. The van der Waals surface area contributed by atoms with E-state index in [9.17, 15) is 14.7 Å². The van der Waals surface area contributed by atoms with Crippen LogP contribution < -0.4 is 10.2 Å². The van der Waals surface area contributed by atoms with Gasteiger partial charge in [-0.25, -0.2) is 0 Å². The van der Waals surface area contributed by atoms with Gasteiger partial charge in [-0.1, -0.05) is 12.8 Å². The van der Waals surface area contributed by atoms with Crippen LogP contribution in [0.4, 0.5) is 5.69 Å². The number of aromatic nitrogens is 1. The zero-order valence-corrected chi connectivity index (χ0v) is 15.6. The molecule has 2 aliphatic rings. The molecule has 1 aromatic heterocycles. The third kappa shape index (κ3) is 2.79. The lowest BCUT2D eigenvalue weighted by Crippen LogP contribution is -2.78. The quantitative estimate of drug-likeness (QED) is 0.814. The van der Waals surface area contributed by atoms with E-state index in [2.05, 4.69) is 20.1 Å². The van der Waals surface area contributed by atoms with Crippen LogP contribution in [0.15, 0.2) is 24.5 Å². The summed E-state index contributed by atoms with van der Waals surface area (Å²) in [5.74, 6) is -0.974. The summed E-state index contributed by atoms with van der Waals surface area (Å²) in [6.07, 6.45) is 6.31. The van der Waals surface area contributed by atoms with E-state index in [1.54, 1.807) is 26.4 Å². The Hall–Kier alpha value is -1.99. The van der Waals surface area contributed by atoms with E-state index in [1.165, 1.54) is 0 Å². The highest BCUT2D eigenvalue weighted by Crippen LogP contribution is 2.43. The summed E-state index contributed by atoms with van der Waals surface area (Å²) in [6.45, 7) is 4.41. The zero-order valence-electron chi connectivity index (χ0n) is 15.6. The van der Waals surface area contributed by atoms with Crippen LogP contribution in [0, 0.1) is 0 Å². The van der Waals surface area contributed by atoms with Gasteiger partial charge in [0.05, 0.1) is 0 Å². The third-order valence-corrected chi connectivity index (χ3v) is 6.27. The minimum absolute atomic E-state index is 0.0497. The molecule has 142 valence electrons. The lowest BCUT2D eigenvalue weighted by atomic mass is 9.63. The molecular formula is C19H28N4O3. The predicted molar refractivity (Wildman–Crippen MR) is 99.3 cm³/mol. The third-order valence-electron chi connectivity index (χ3n) is 6.27. The number of nitrogens with zero attached hydrogens (tertiary/aromatic N) is 3. The normalized spacial score (nSPS) is 30.2. The van der Waals surface area contributed by atoms with Crippen LogP contribution in [0.2, 0.25) is 0 Å². The van der Waals surface area contributed by atoms with E-state index < -0.39 is 17.0 Å². The Kier molecular flexibility index (Phi) is 5.29. The van der Waals surface area contributed by atoms with E-state index in [-0.39, 0.29) is 5.78 Å². The lowest BCUT2D eigenvalue weighted by Gasteiger charge is -2.56. The second-order valence-electron chi connectivity index (χ2n) is 7.26. The molecule has 1 saturated carbocycles. The molecular weight excluding hydrogens is 332 g/mol. The molecule has 2 fully saturated rings. The van der Waals surface area contributed by atoms with Crippen LogP contribution in [0.25, 0.3) is 0 Å². The van der Waals surface area contributed by atoms with E-state index >= 15 is 0 Å². The second kappa shape index (κ2) is 7.32. The largest absolute Gasteiger partial charge is 0.480 e. The minimum Gasteiger partial charge on any atom is -0.480 e. The highest BCUT2D eigenvalue weighted by molar-refractivity contribution is 5.97. The topological polar surface area (TPSA) is 85.8 Å². The van der Waals surface area contributed by atoms with Gasteiger partial charge in [-0.05, 0) is 38.9 Å². The standard InChI is InChI=1S/C19H28N4O3/c1-15(24)19(8-4-3-7-18(19,20-2)17(25)26)23-13-11-22(12-14-23)16-5-9-21-10-6-16/h5-6,9-10,20H,3-4,7-8,11-14H2,1-2H3,(H,25,26). The van der Waals surface area contributed by atoms with Gasteiger partial charge in [0.25, 0.3) is 0 Å². The number of piperazine rings is 1. The molecule has 1 aromatic rings. The van der Waals surface area contributed by atoms with Crippen molar-refractivity contribution in [3.8, 4) is 0 Å². The number of nitrogens with one attached hydrogen (secondary N) is 1. The Balaban J connectivity index is 1.89. The van der Waals surface area contributed by atoms with Gasteiger partial charge in [-0.15, -0.1) is 0 Å². The minimum atomic E-state index is -1.23. The fourth-order valence-electron chi connectivity index (χ4n) is 4.94.